The molecule has 80 valence electrons. The Kier molecular flexibility index (Phi) is 4.86. The van der Waals surface area contributed by atoms with E-state index in [4.69, 9.17) is 5.26 Å². The number of nitrogens with zero attached hydrogens (tertiary/aromatic N) is 1. The van der Waals surface area contributed by atoms with Crippen molar-refractivity contribution in [3.8, 4) is 6.07 Å². The molecule has 1 aromatic rings. The summed E-state index contributed by atoms with van der Waals surface area (Å²) in [5.74, 6) is 0. The Labute approximate surface area is 91.9 Å². The zero-order valence-electron chi connectivity index (χ0n) is 9.40. The van der Waals surface area contributed by atoms with E-state index in [0.717, 1.165) is 6.42 Å². The zero-order chi connectivity index (χ0) is 11.1. The van der Waals surface area contributed by atoms with Gasteiger partial charge in [0.25, 0.3) is 0 Å². The summed E-state index contributed by atoms with van der Waals surface area (Å²) < 4.78 is 0. The van der Waals surface area contributed by atoms with Crippen LogP contribution in [0.25, 0.3) is 0 Å². The van der Waals surface area contributed by atoms with Gasteiger partial charge in [-0.25, -0.2) is 0 Å². The molecule has 0 amide bonds. The van der Waals surface area contributed by atoms with Crippen LogP contribution in [0.15, 0.2) is 30.3 Å². The summed E-state index contributed by atoms with van der Waals surface area (Å²) in [5, 5.41) is 12.3. The molecular formula is C13H18N2. The molecule has 15 heavy (non-hydrogen) atoms. The largest absolute Gasteiger partial charge is 0.307 e. The molecule has 0 fully saturated rings. The molecule has 2 nitrogen and oxygen atoms in total. The third kappa shape index (κ3) is 3.73. The van der Waals surface area contributed by atoms with Crippen LogP contribution in [-0.2, 0) is 0 Å². The molecular weight excluding hydrogens is 184 g/mol. The molecule has 0 heterocycles. The van der Waals surface area contributed by atoms with Gasteiger partial charge in [-0.2, -0.15) is 5.26 Å². The van der Waals surface area contributed by atoms with Gasteiger partial charge < -0.3 is 5.32 Å². The van der Waals surface area contributed by atoms with Gasteiger partial charge in [-0.15, -0.1) is 0 Å². The van der Waals surface area contributed by atoms with Crippen LogP contribution >= 0.6 is 0 Å². The summed E-state index contributed by atoms with van der Waals surface area (Å²) in [5.41, 5.74) is 1.19. The standard InChI is InChI=1S/C13H18N2/c1-3-11(2)15-13(9-10-14)12-7-5-4-6-8-12/h4-8,11,13,15H,3,9H2,1-2H3. The Bertz CT molecular complexity index is 313. The first-order chi connectivity index (χ1) is 7.27. The van der Waals surface area contributed by atoms with Gasteiger partial charge in [-0.05, 0) is 18.9 Å². The summed E-state index contributed by atoms with van der Waals surface area (Å²) in [6, 6.07) is 13.0. The smallest absolute Gasteiger partial charge is 0.0641 e. The highest BCUT2D eigenvalue weighted by atomic mass is 14.9. The number of hydrogen-bond acceptors (Lipinski definition) is 2. The summed E-state index contributed by atoms with van der Waals surface area (Å²) >= 11 is 0. The molecule has 0 aliphatic carbocycles. The van der Waals surface area contributed by atoms with Crippen molar-refractivity contribution in [1.82, 2.24) is 5.32 Å². The third-order valence-corrected chi connectivity index (χ3v) is 2.60. The van der Waals surface area contributed by atoms with Crippen molar-refractivity contribution in [2.75, 3.05) is 0 Å². The molecule has 0 radical (unpaired) electrons. The first-order valence-corrected chi connectivity index (χ1v) is 5.45. The fourth-order valence-electron chi connectivity index (χ4n) is 1.51. The van der Waals surface area contributed by atoms with Crippen LogP contribution in [-0.4, -0.2) is 6.04 Å². The Morgan fingerprint density at radius 2 is 2.00 bits per heavy atom. The Balaban J connectivity index is 2.71. The van der Waals surface area contributed by atoms with E-state index in [9.17, 15) is 0 Å². The van der Waals surface area contributed by atoms with Crippen molar-refractivity contribution in [2.24, 2.45) is 0 Å². The van der Waals surface area contributed by atoms with E-state index in [1.807, 2.05) is 18.2 Å². The number of nitriles is 1. The summed E-state index contributed by atoms with van der Waals surface area (Å²) in [6.45, 7) is 4.29. The molecule has 0 aliphatic rings. The van der Waals surface area contributed by atoms with Gasteiger partial charge in [0.1, 0.15) is 0 Å². The Morgan fingerprint density at radius 3 is 2.53 bits per heavy atom. The van der Waals surface area contributed by atoms with Gasteiger partial charge >= 0.3 is 0 Å². The van der Waals surface area contributed by atoms with E-state index in [2.05, 4.69) is 37.4 Å². The van der Waals surface area contributed by atoms with Gasteiger partial charge in [0.2, 0.25) is 0 Å². The number of nitrogens with one attached hydrogen (secondary N) is 1. The fraction of sp³-hybridized carbons (Fsp3) is 0.462. The SMILES string of the molecule is CCC(C)NC(CC#N)c1ccccc1. The summed E-state index contributed by atoms with van der Waals surface area (Å²) in [6.07, 6.45) is 1.60. The van der Waals surface area contributed by atoms with Crippen molar-refractivity contribution in [1.29, 1.82) is 5.26 Å². The molecule has 0 saturated carbocycles. The maximum atomic E-state index is 8.79. The van der Waals surface area contributed by atoms with Crippen LogP contribution in [0.5, 0.6) is 0 Å². The highest BCUT2D eigenvalue weighted by Gasteiger charge is 2.12. The Morgan fingerprint density at radius 1 is 1.33 bits per heavy atom. The molecule has 2 unspecified atom stereocenters. The molecule has 0 spiro atoms. The van der Waals surface area contributed by atoms with Gasteiger partial charge in [0.05, 0.1) is 12.5 Å². The van der Waals surface area contributed by atoms with Crippen molar-refractivity contribution < 1.29 is 0 Å². The average molecular weight is 202 g/mol. The lowest BCUT2D eigenvalue weighted by Gasteiger charge is -2.20. The molecule has 1 aromatic carbocycles. The first kappa shape index (κ1) is 11.7. The molecule has 1 N–H and O–H groups in total. The minimum Gasteiger partial charge on any atom is -0.307 e. The lowest BCUT2D eigenvalue weighted by Crippen LogP contribution is -2.29. The minimum atomic E-state index is 0.158. The van der Waals surface area contributed by atoms with E-state index in [1.54, 1.807) is 0 Å². The topological polar surface area (TPSA) is 35.8 Å². The predicted octanol–water partition coefficient (Wildman–Crippen LogP) is 3.03. The Hall–Kier alpha value is -1.33. The van der Waals surface area contributed by atoms with Gasteiger partial charge in [0.15, 0.2) is 0 Å². The van der Waals surface area contributed by atoms with Gasteiger partial charge in [0, 0.05) is 12.1 Å². The molecule has 0 bridgehead atoms. The minimum absolute atomic E-state index is 0.158. The first-order valence-electron chi connectivity index (χ1n) is 5.45. The molecule has 0 aromatic heterocycles. The number of rotatable bonds is 5. The molecule has 0 saturated heterocycles. The molecule has 2 atom stereocenters. The monoisotopic (exact) mass is 202 g/mol. The highest BCUT2D eigenvalue weighted by Crippen LogP contribution is 2.16. The highest BCUT2D eigenvalue weighted by molar-refractivity contribution is 5.20. The van der Waals surface area contributed by atoms with Crippen LogP contribution in [0.4, 0.5) is 0 Å². The van der Waals surface area contributed by atoms with E-state index >= 15 is 0 Å². The van der Waals surface area contributed by atoms with Gasteiger partial charge in [-0.1, -0.05) is 37.3 Å². The lowest BCUT2D eigenvalue weighted by atomic mass is 10.0. The second-order valence-corrected chi connectivity index (χ2v) is 3.80. The van der Waals surface area contributed by atoms with E-state index in [1.165, 1.54) is 5.56 Å². The quantitative estimate of drug-likeness (QED) is 0.796. The second-order valence-electron chi connectivity index (χ2n) is 3.80. The van der Waals surface area contributed by atoms with Crippen molar-refractivity contribution in [3.63, 3.8) is 0 Å². The number of hydrogen-bond donors (Lipinski definition) is 1. The third-order valence-electron chi connectivity index (χ3n) is 2.60. The predicted molar refractivity (Wildman–Crippen MR) is 62.3 cm³/mol. The normalized spacial score (nSPS) is 14.2. The second kappa shape index (κ2) is 6.21. The zero-order valence-corrected chi connectivity index (χ0v) is 9.40. The van der Waals surface area contributed by atoms with Crippen molar-refractivity contribution >= 4 is 0 Å². The van der Waals surface area contributed by atoms with E-state index in [0.29, 0.717) is 12.5 Å². The van der Waals surface area contributed by atoms with Crippen LogP contribution < -0.4 is 5.32 Å². The van der Waals surface area contributed by atoms with Gasteiger partial charge in [-0.3, -0.25) is 0 Å². The molecule has 1 rings (SSSR count). The van der Waals surface area contributed by atoms with Crippen molar-refractivity contribution in [2.45, 2.75) is 38.8 Å². The van der Waals surface area contributed by atoms with Crippen LogP contribution in [0.1, 0.15) is 38.3 Å². The lowest BCUT2D eigenvalue weighted by molar-refractivity contribution is 0.451. The fourth-order valence-corrected chi connectivity index (χ4v) is 1.51. The summed E-state index contributed by atoms with van der Waals surface area (Å²) in [4.78, 5) is 0. The van der Waals surface area contributed by atoms with Crippen LogP contribution in [0, 0.1) is 11.3 Å². The van der Waals surface area contributed by atoms with E-state index < -0.39 is 0 Å². The number of benzene rings is 1. The van der Waals surface area contributed by atoms with Crippen LogP contribution in [0.2, 0.25) is 0 Å². The molecule has 0 aliphatic heterocycles. The van der Waals surface area contributed by atoms with Crippen LogP contribution in [0.3, 0.4) is 0 Å². The molecule has 2 heteroatoms. The van der Waals surface area contributed by atoms with Crippen molar-refractivity contribution in [3.05, 3.63) is 35.9 Å². The summed E-state index contributed by atoms with van der Waals surface area (Å²) in [7, 11) is 0. The maximum Gasteiger partial charge on any atom is 0.0641 e. The maximum absolute atomic E-state index is 8.79. The van der Waals surface area contributed by atoms with E-state index in [-0.39, 0.29) is 6.04 Å². The average Bonchev–Trinajstić information content (AvgIpc) is 2.29.